The molecule has 1 saturated carbocycles. The van der Waals surface area contributed by atoms with E-state index in [2.05, 4.69) is 6.58 Å². The maximum Gasteiger partial charge on any atom is 0.241 e. The Hall–Kier alpha value is -1.97. The summed E-state index contributed by atoms with van der Waals surface area (Å²) in [5, 5.41) is 11.5. The Morgan fingerprint density at radius 2 is 2.00 bits per heavy atom. The van der Waals surface area contributed by atoms with Crippen molar-refractivity contribution < 1.29 is 9.72 Å². The molecule has 0 N–H and O–H groups in total. The smallest absolute Gasteiger partial charge is 0.241 e. The Labute approximate surface area is 118 Å². The van der Waals surface area contributed by atoms with E-state index in [0.29, 0.717) is 18.4 Å². The lowest BCUT2D eigenvalue weighted by Gasteiger charge is -2.20. The van der Waals surface area contributed by atoms with Gasteiger partial charge in [-0.1, -0.05) is 43.3 Å². The summed E-state index contributed by atoms with van der Waals surface area (Å²) in [5.41, 5.74) is 1.29. The van der Waals surface area contributed by atoms with E-state index < -0.39 is 6.04 Å². The van der Waals surface area contributed by atoms with Gasteiger partial charge in [0.1, 0.15) is 5.78 Å². The predicted molar refractivity (Wildman–Crippen MR) is 77.8 cm³/mol. The van der Waals surface area contributed by atoms with Crippen LogP contribution in [-0.4, -0.2) is 16.7 Å². The van der Waals surface area contributed by atoms with Crippen LogP contribution >= 0.6 is 0 Å². The van der Waals surface area contributed by atoms with E-state index in [4.69, 9.17) is 0 Å². The lowest BCUT2D eigenvalue weighted by molar-refractivity contribution is -0.515. The van der Waals surface area contributed by atoms with Gasteiger partial charge in [0, 0.05) is 29.3 Å². The molecular formula is C16H19NO3. The molecule has 0 spiro atoms. The summed E-state index contributed by atoms with van der Waals surface area (Å²) in [5.74, 6) is -0.0899. The van der Waals surface area contributed by atoms with Gasteiger partial charge in [0.15, 0.2) is 0 Å². The van der Waals surface area contributed by atoms with Gasteiger partial charge in [-0.25, -0.2) is 0 Å². The molecule has 0 bridgehead atoms. The third-order valence-corrected chi connectivity index (χ3v) is 3.95. The lowest BCUT2D eigenvalue weighted by atomic mass is 9.85. The van der Waals surface area contributed by atoms with Crippen molar-refractivity contribution in [2.45, 2.75) is 38.1 Å². The number of nitrogens with zero attached hydrogens (tertiary/aromatic N) is 1. The Balaban J connectivity index is 2.24. The van der Waals surface area contributed by atoms with Crippen LogP contribution in [0, 0.1) is 16.0 Å². The summed E-state index contributed by atoms with van der Waals surface area (Å²) < 4.78 is 0. The standard InChI is InChI=1S/C16H19NO3/c1-12(13-7-3-2-4-8-13)16(17(19)20)14-9-5-6-10-15(18)11-14/h2-4,7-8,14,16H,1,5-6,9-11H2. The van der Waals surface area contributed by atoms with E-state index >= 15 is 0 Å². The molecule has 20 heavy (non-hydrogen) atoms. The SMILES string of the molecule is C=C(c1ccccc1)C(C1CCCCC(=O)C1)[N+](=O)[O-]. The van der Waals surface area contributed by atoms with Gasteiger partial charge in [-0.05, 0) is 18.4 Å². The number of carbonyl (C=O) groups excluding carboxylic acids is 1. The summed E-state index contributed by atoms with van der Waals surface area (Å²) in [7, 11) is 0. The molecule has 106 valence electrons. The second-order valence-electron chi connectivity index (χ2n) is 5.37. The van der Waals surface area contributed by atoms with Gasteiger partial charge in [-0.3, -0.25) is 14.9 Å². The topological polar surface area (TPSA) is 60.2 Å². The first-order chi connectivity index (χ1) is 9.59. The number of hydrogen-bond donors (Lipinski definition) is 0. The summed E-state index contributed by atoms with van der Waals surface area (Å²) in [6, 6.07) is 8.35. The van der Waals surface area contributed by atoms with Crippen LogP contribution in [0.3, 0.4) is 0 Å². The minimum atomic E-state index is -0.862. The number of benzene rings is 1. The second kappa shape index (κ2) is 6.46. The molecule has 0 aromatic heterocycles. The van der Waals surface area contributed by atoms with Crippen LogP contribution in [0.5, 0.6) is 0 Å². The monoisotopic (exact) mass is 273 g/mol. The highest BCUT2D eigenvalue weighted by Gasteiger charge is 2.36. The van der Waals surface area contributed by atoms with Crippen LogP contribution in [0.15, 0.2) is 36.9 Å². The Morgan fingerprint density at radius 1 is 1.30 bits per heavy atom. The van der Waals surface area contributed by atoms with Crippen LogP contribution in [-0.2, 0) is 4.79 Å². The first-order valence-corrected chi connectivity index (χ1v) is 6.99. The molecular weight excluding hydrogens is 254 g/mol. The van der Waals surface area contributed by atoms with Gasteiger partial charge < -0.3 is 0 Å². The fourth-order valence-corrected chi connectivity index (χ4v) is 2.90. The van der Waals surface area contributed by atoms with E-state index in [9.17, 15) is 14.9 Å². The van der Waals surface area contributed by atoms with E-state index in [1.54, 1.807) is 0 Å². The van der Waals surface area contributed by atoms with Gasteiger partial charge in [0.2, 0.25) is 6.04 Å². The highest BCUT2D eigenvalue weighted by atomic mass is 16.6. The minimum Gasteiger partial charge on any atom is -0.300 e. The van der Waals surface area contributed by atoms with E-state index in [-0.39, 0.29) is 16.6 Å². The lowest BCUT2D eigenvalue weighted by Crippen LogP contribution is -2.31. The Kier molecular flexibility index (Phi) is 4.66. The maximum absolute atomic E-state index is 11.7. The van der Waals surface area contributed by atoms with Gasteiger partial charge in [-0.2, -0.15) is 0 Å². The van der Waals surface area contributed by atoms with Crippen LogP contribution in [0.2, 0.25) is 0 Å². The number of ketones is 1. The number of Topliss-reactive ketones (excluding diaryl/α,β-unsaturated/α-hetero) is 1. The third kappa shape index (κ3) is 3.32. The summed E-state index contributed by atoms with van der Waals surface area (Å²) >= 11 is 0. The molecule has 2 unspecified atom stereocenters. The fourth-order valence-electron chi connectivity index (χ4n) is 2.90. The number of carbonyl (C=O) groups is 1. The van der Waals surface area contributed by atoms with Crippen molar-refractivity contribution in [3.8, 4) is 0 Å². The molecule has 1 fully saturated rings. The number of rotatable bonds is 4. The van der Waals surface area contributed by atoms with Crippen LogP contribution in [0.25, 0.3) is 5.57 Å². The molecule has 0 heterocycles. The quantitative estimate of drug-likeness (QED) is 0.479. The Bertz CT molecular complexity index is 510. The first-order valence-electron chi connectivity index (χ1n) is 6.99. The van der Waals surface area contributed by atoms with Crippen LogP contribution < -0.4 is 0 Å². The predicted octanol–water partition coefficient (Wildman–Crippen LogP) is 3.49. The van der Waals surface area contributed by atoms with Crippen molar-refractivity contribution in [1.82, 2.24) is 0 Å². The van der Waals surface area contributed by atoms with Crippen molar-refractivity contribution in [3.05, 3.63) is 52.6 Å². The summed E-state index contributed by atoms with van der Waals surface area (Å²) in [6.07, 6.45) is 3.31. The van der Waals surface area contributed by atoms with Crippen molar-refractivity contribution in [2.24, 2.45) is 5.92 Å². The average molecular weight is 273 g/mol. The van der Waals surface area contributed by atoms with Crippen LogP contribution in [0.1, 0.15) is 37.7 Å². The molecule has 2 rings (SSSR count). The highest BCUT2D eigenvalue weighted by Crippen LogP contribution is 2.32. The molecule has 0 aliphatic heterocycles. The van der Waals surface area contributed by atoms with Gasteiger partial charge in [0.25, 0.3) is 0 Å². The largest absolute Gasteiger partial charge is 0.300 e. The maximum atomic E-state index is 11.7. The molecule has 4 nitrogen and oxygen atoms in total. The van der Waals surface area contributed by atoms with Crippen molar-refractivity contribution in [2.75, 3.05) is 0 Å². The molecule has 2 atom stereocenters. The number of nitro groups is 1. The van der Waals surface area contributed by atoms with E-state index in [1.165, 1.54) is 0 Å². The number of hydrogen-bond acceptors (Lipinski definition) is 3. The van der Waals surface area contributed by atoms with Gasteiger partial charge in [0.05, 0.1) is 0 Å². The first kappa shape index (κ1) is 14.4. The zero-order chi connectivity index (χ0) is 14.5. The molecule has 1 aliphatic rings. The van der Waals surface area contributed by atoms with Crippen LogP contribution in [0.4, 0.5) is 0 Å². The molecule has 0 radical (unpaired) electrons. The van der Waals surface area contributed by atoms with Gasteiger partial charge >= 0.3 is 0 Å². The Morgan fingerprint density at radius 3 is 2.65 bits per heavy atom. The molecule has 4 heteroatoms. The minimum absolute atomic E-state index is 0.139. The molecule has 0 saturated heterocycles. The fraction of sp³-hybridized carbons (Fsp3) is 0.438. The zero-order valence-electron chi connectivity index (χ0n) is 11.5. The van der Waals surface area contributed by atoms with E-state index in [1.807, 2.05) is 30.3 Å². The average Bonchev–Trinajstić information content (AvgIpc) is 2.64. The molecule has 1 aliphatic carbocycles. The highest BCUT2D eigenvalue weighted by molar-refractivity contribution is 5.79. The van der Waals surface area contributed by atoms with Crippen molar-refractivity contribution in [1.29, 1.82) is 0 Å². The third-order valence-electron chi connectivity index (χ3n) is 3.95. The van der Waals surface area contributed by atoms with Gasteiger partial charge in [-0.15, -0.1) is 0 Å². The zero-order valence-corrected chi connectivity index (χ0v) is 11.5. The second-order valence-corrected chi connectivity index (χ2v) is 5.37. The summed E-state index contributed by atoms with van der Waals surface area (Å²) in [6.45, 7) is 3.92. The van der Waals surface area contributed by atoms with Crippen molar-refractivity contribution >= 4 is 11.4 Å². The van der Waals surface area contributed by atoms with E-state index in [0.717, 1.165) is 24.8 Å². The summed E-state index contributed by atoms with van der Waals surface area (Å²) in [4.78, 5) is 22.9. The molecule has 1 aromatic carbocycles. The van der Waals surface area contributed by atoms with Crippen molar-refractivity contribution in [3.63, 3.8) is 0 Å². The molecule has 0 amide bonds. The normalized spacial score (nSPS) is 21.0. The molecule has 1 aromatic rings.